The van der Waals surface area contributed by atoms with Gasteiger partial charge in [0.1, 0.15) is 5.15 Å². The molecule has 0 aliphatic rings. The van der Waals surface area contributed by atoms with Crippen molar-refractivity contribution in [2.75, 3.05) is 0 Å². The summed E-state index contributed by atoms with van der Waals surface area (Å²) in [6, 6.07) is 7.36. The van der Waals surface area contributed by atoms with E-state index in [1.807, 2.05) is 22.9 Å². The lowest BCUT2D eigenvalue weighted by molar-refractivity contribution is 1.06. The molecule has 3 rings (SSSR count). The lowest BCUT2D eigenvalue weighted by atomic mass is 10.2. The highest BCUT2D eigenvalue weighted by atomic mass is 35.5. The summed E-state index contributed by atoms with van der Waals surface area (Å²) in [5.41, 5.74) is 1.71. The molecular weight excluding hydrogens is 257 g/mol. The van der Waals surface area contributed by atoms with E-state index in [0.717, 1.165) is 16.6 Å². The molecule has 0 fully saturated rings. The molecule has 3 aromatic rings. The van der Waals surface area contributed by atoms with Gasteiger partial charge in [0.05, 0.1) is 17.5 Å². The molecule has 2 aromatic heterocycles. The summed E-state index contributed by atoms with van der Waals surface area (Å²) >= 11 is 12.0. The van der Waals surface area contributed by atoms with E-state index in [9.17, 15) is 0 Å². The van der Waals surface area contributed by atoms with Crippen molar-refractivity contribution in [1.82, 2.24) is 14.5 Å². The number of fused-ring (bicyclic) bond motifs is 1. The fourth-order valence-corrected chi connectivity index (χ4v) is 2.13. The van der Waals surface area contributed by atoms with Crippen molar-refractivity contribution in [2.45, 2.75) is 0 Å². The van der Waals surface area contributed by atoms with E-state index in [2.05, 4.69) is 9.97 Å². The number of aromatic nitrogens is 3. The smallest absolute Gasteiger partial charge is 0.131 e. The molecule has 0 amide bonds. The van der Waals surface area contributed by atoms with Gasteiger partial charge < -0.3 is 4.57 Å². The van der Waals surface area contributed by atoms with Gasteiger partial charge in [0.25, 0.3) is 0 Å². The number of imidazole rings is 1. The van der Waals surface area contributed by atoms with E-state index in [0.29, 0.717) is 10.2 Å². The van der Waals surface area contributed by atoms with Crippen LogP contribution in [-0.4, -0.2) is 14.5 Å². The highest BCUT2D eigenvalue weighted by Crippen LogP contribution is 2.26. The third-order valence-corrected chi connectivity index (χ3v) is 2.93. The van der Waals surface area contributed by atoms with E-state index in [-0.39, 0.29) is 0 Å². The first-order chi connectivity index (χ1) is 8.24. The monoisotopic (exact) mass is 263 g/mol. The molecule has 2 heterocycles. The molecule has 0 saturated carbocycles. The molecule has 84 valence electrons. The number of hydrogen-bond donors (Lipinski definition) is 0. The summed E-state index contributed by atoms with van der Waals surface area (Å²) < 4.78 is 1.89. The first-order valence-electron chi connectivity index (χ1n) is 4.98. The van der Waals surface area contributed by atoms with Crippen LogP contribution in [0.25, 0.3) is 16.6 Å². The Hall–Kier alpha value is -1.58. The molecule has 0 N–H and O–H groups in total. The van der Waals surface area contributed by atoms with Crippen LogP contribution in [0, 0.1) is 0 Å². The largest absolute Gasteiger partial charge is 0.306 e. The van der Waals surface area contributed by atoms with Crippen LogP contribution in [0.15, 0.2) is 43.0 Å². The Bertz CT molecular complexity index is 672. The lowest BCUT2D eigenvalue weighted by Crippen LogP contribution is -1.93. The van der Waals surface area contributed by atoms with Crippen LogP contribution < -0.4 is 0 Å². The lowest BCUT2D eigenvalue weighted by Gasteiger charge is -2.07. The molecule has 0 aliphatic heterocycles. The van der Waals surface area contributed by atoms with Crippen LogP contribution in [0.1, 0.15) is 0 Å². The molecule has 17 heavy (non-hydrogen) atoms. The van der Waals surface area contributed by atoms with Gasteiger partial charge in [-0.2, -0.15) is 0 Å². The predicted octanol–water partition coefficient (Wildman–Crippen LogP) is 3.73. The molecule has 0 saturated heterocycles. The Morgan fingerprint density at radius 1 is 1.12 bits per heavy atom. The Labute approximate surface area is 108 Å². The number of halogens is 2. The van der Waals surface area contributed by atoms with E-state index in [1.54, 1.807) is 24.7 Å². The van der Waals surface area contributed by atoms with Crippen LogP contribution in [0.5, 0.6) is 0 Å². The van der Waals surface area contributed by atoms with E-state index < -0.39 is 0 Å². The third-order valence-electron chi connectivity index (χ3n) is 2.50. The fourth-order valence-electron chi connectivity index (χ4n) is 1.77. The van der Waals surface area contributed by atoms with Crippen LogP contribution in [0.4, 0.5) is 0 Å². The van der Waals surface area contributed by atoms with Gasteiger partial charge in [0, 0.05) is 28.9 Å². The standard InChI is InChI=1S/C12H7Cl2N3/c13-8-1-2-9-10(5-8)16-12(14)6-11(9)17-4-3-15-7-17/h1-7H. The summed E-state index contributed by atoms with van der Waals surface area (Å²) in [6.07, 6.45) is 5.30. The minimum atomic E-state index is 0.434. The molecule has 0 aliphatic carbocycles. The Kier molecular flexibility index (Phi) is 2.50. The second-order valence-electron chi connectivity index (χ2n) is 3.60. The SMILES string of the molecule is Clc1ccc2c(-n3ccnc3)cc(Cl)nc2c1. The first-order valence-corrected chi connectivity index (χ1v) is 5.74. The molecule has 0 radical (unpaired) electrons. The first kappa shape index (κ1) is 10.6. The summed E-state index contributed by atoms with van der Waals surface area (Å²) in [7, 11) is 0. The van der Waals surface area contributed by atoms with Gasteiger partial charge in [-0.1, -0.05) is 23.2 Å². The summed E-state index contributed by atoms with van der Waals surface area (Å²) in [4.78, 5) is 8.28. The number of nitrogens with zero attached hydrogens (tertiary/aromatic N) is 3. The Balaban J connectivity index is 2.38. The van der Waals surface area contributed by atoms with E-state index in [4.69, 9.17) is 23.2 Å². The van der Waals surface area contributed by atoms with Crippen LogP contribution in [0.3, 0.4) is 0 Å². The second-order valence-corrected chi connectivity index (χ2v) is 4.42. The summed E-state index contributed by atoms with van der Waals surface area (Å²) in [6.45, 7) is 0. The number of benzene rings is 1. The van der Waals surface area contributed by atoms with Crippen LogP contribution in [-0.2, 0) is 0 Å². The third kappa shape index (κ3) is 1.88. The van der Waals surface area contributed by atoms with Gasteiger partial charge >= 0.3 is 0 Å². The van der Waals surface area contributed by atoms with Crippen LogP contribution >= 0.6 is 23.2 Å². The number of hydrogen-bond acceptors (Lipinski definition) is 2. The van der Waals surface area contributed by atoms with E-state index >= 15 is 0 Å². The Morgan fingerprint density at radius 3 is 2.76 bits per heavy atom. The maximum atomic E-state index is 6.01. The maximum Gasteiger partial charge on any atom is 0.131 e. The normalized spacial score (nSPS) is 10.9. The van der Waals surface area contributed by atoms with Crippen LogP contribution in [0.2, 0.25) is 10.2 Å². The van der Waals surface area contributed by atoms with Crippen molar-refractivity contribution in [3.05, 3.63) is 53.2 Å². The molecular formula is C12H7Cl2N3. The maximum absolute atomic E-state index is 6.01. The number of pyridine rings is 1. The topological polar surface area (TPSA) is 30.7 Å². The zero-order valence-corrected chi connectivity index (χ0v) is 10.2. The van der Waals surface area contributed by atoms with Crippen molar-refractivity contribution in [1.29, 1.82) is 0 Å². The van der Waals surface area contributed by atoms with Gasteiger partial charge in [0.2, 0.25) is 0 Å². The van der Waals surface area contributed by atoms with Crippen molar-refractivity contribution in [2.24, 2.45) is 0 Å². The van der Waals surface area contributed by atoms with E-state index in [1.165, 1.54) is 0 Å². The molecule has 3 nitrogen and oxygen atoms in total. The minimum absolute atomic E-state index is 0.434. The summed E-state index contributed by atoms with van der Waals surface area (Å²) in [5.74, 6) is 0. The van der Waals surface area contributed by atoms with Gasteiger partial charge in [-0.25, -0.2) is 9.97 Å². The van der Waals surface area contributed by atoms with Crippen molar-refractivity contribution in [3.63, 3.8) is 0 Å². The highest BCUT2D eigenvalue weighted by molar-refractivity contribution is 6.32. The van der Waals surface area contributed by atoms with Gasteiger partial charge in [-0.15, -0.1) is 0 Å². The van der Waals surface area contributed by atoms with Gasteiger partial charge in [0.15, 0.2) is 0 Å². The van der Waals surface area contributed by atoms with Crippen molar-refractivity contribution in [3.8, 4) is 5.69 Å². The number of rotatable bonds is 1. The molecule has 0 unspecified atom stereocenters. The zero-order chi connectivity index (χ0) is 11.8. The average molecular weight is 264 g/mol. The highest BCUT2D eigenvalue weighted by Gasteiger charge is 2.06. The van der Waals surface area contributed by atoms with Crippen molar-refractivity contribution < 1.29 is 0 Å². The van der Waals surface area contributed by atoms with Crippen molar-refractivity contribution >= 4 is 34.1 Å². The van der Waals surface area contributed by atoms with Gasteiger partial charge in [-0.3, -0.25) is 0 Å². The molecule has 1 aromatic carbocycles. The average Bonchev–Trinajstić information content (AvgIpc) is 2.80. The molecule has 5 heteroatoms. The quantitative estimate of drug-likeness (QED) is 0.627. The molecule has 0 spiro atoms. The predicted molar refractivity (Wildman–Crippen MR) is 68.9 cm³/mol. The fraction of sp³-hybridized carbons (Fsp3) is 0. The minimum Gasteiger partial charge on any atom is -0.306 e. The zero-order valence-electron chi connectivity index (χ0n) is 8.64. The molecule has 0 atom stereocenters. The van der Waals surface area contributed by atoms with Gasteiger partial charge in [-0.05, 0) is 18.2 Å². The summed E-state index contributed by atoms with van der Waals surface area (Å²) in [5, 5.41) is 2.06. The Morgan fingerprint density at radius 2 is 2.00 bits per heavy atom. The second kappa shape index (κ2) is 4.02. The molecule has 0 bridgehead atoms.